The molecule has 1 heterocycles. The standard InChI is InChI=1S/C10H12N2O2S/c1-3-11-10-8-6-4-5-7-9(8)15(13,14)12(10)2/h4-7H,3H2,1-2H3. The molecular formula is C10H12N2O2S. The molecule has 0 amide bonds. The van der Waals surface area contributed by atoms with E-state index >= 15 is 0 Å². The largest absolute Gasteiger partial charge is 0.267 e. The van der Waals surface area contributed by atoms with Gasteiger partial charge in [-0.2, -0.15) is 0 Å². The van der Waals surface area contributed by atoms with E-state index in [1.165, 1.54) is 11.4 Å². The second kappa shape index (κ2) is 3.34. The monoisotopic (exact) mass is 224 g/mol. The van der Waals surface area contributed by atoms with Crippen molar-refractivity contribution in [1.29, 1.82) is 0 Å². The molecule has 0 atom stereocenters. The van der Waals surface area contributed by atoms with Gasteiger partial charge in [0, 0.05) is 19.2 Å². The molecule has 0 aliphatic carbocycles. The molecule has 4 nitrogen and oxygen atoms in total. The second-order valence-electron chi connectivity index (χ2n) is 3.27. The fraction of sp³-hybridized carbons (Fsp3) is 0.300. The van der Waals surface area contributed by atoms with Gasteiger partial charge < -0.3 is 0 Å². The van der Waals surface area contributed by atoms with Crippen LogP contribution in [0.2, 0.25) is 0 Å². The van der Waals surface area contributed by atoms with E-state index in [1.807, 2.05) is 13.0 Å². The summed E-state index contributed by atoms with van der Waals surface area (Å²) in [5, 5.41) is 0. The number of fused-ring (bicyclic) bond motifs is 1. The Balaban J connectivity index is 2.74. The Morgan fingerprint density at radius 2 is 2.00 bits per heavy atom. The Morgan fingerprint density at radius 1 is 1.33 bits per heavy atom. The maximum absolute atomic E-state index is 11.9. The molecule has 0 unspecified atom stereocenters. The summed E-state index contributed by atoms with van der Waals surface area (Å²) < 4.78 is 25.1. The summed E-state index contributed by atoms with van der Waals surface area (Å²) in [6.45, 7) is 2.46. The van der Waals surface area contributed by atoms with Gasteiger partial charge in [0.1, 0.15) is 5.84 Å². The predicted molar refractivity (Wildman–Crippen MR) is 58.5 cm³/mol. The van der Waals surface area contributed by atoms with Crippen molar-refractivity contribution in [2.75, 3.05) is 13.6 Å². The van der Waals surface area contributed by atoms with Crippen molar-refractivity contribution in [1.82, 2.24) is 4.31 Å². The highest BCUT2D eigenvalue weighted by molar-refractivity contribution is 7.90. The van der Waals surface area contributed by atoms with Gasteiger partial charge in [-0.15, -0.1) is 0 Å². The zero-order valence-corrected chi connectivity index (χ0v) is 9.45. The SMILES string of the molecule is CCN=C1c2ccccc2S(=O)(=O)N1C. The Kier molecular flexibility index (Phi) is 2.26. The molecule has 0 radical (unpaired) electrons. The van der Waals surface area contributed by atoms with Gasteiger partial charge in [-0.25, -0.2) is 8.42 Å². The number of nitrogens with zero attached hydrogens (tertiary/aromatic N) is 2. The second-order valence-corrected chi connectivity index (χ2v) is 5.20. The molecule has 0 saturated carbocycles. The smallest absolute Gasteiger partial charge is 0.265 e. The van der Waals surface area contributed by atoms with Crippen molar-refractivity contribution in [3.63, 3.8) is 0 Å². The lowest BCUT2D eigenvalue weighted by molar-refractivity contribution is 0.559. The average molecular weight is 224 g/mol. The van der Waals surface area contributed by atoms with E-state index < -0.39 is 10.0 Å². The molecule has 0 spiro atoms. The number of sulfonamides is 1. The van der Waals surface area contributed by atoms with Crippen molar-refractivity contribution >= 4 is 15.9 Å². The first kappa shape index (κ1) is 10.2. The zero-order valence-electron chi connectivity index (χ0n) is 8.64. The zero-order chi connectivity index (χ0) is 11.1. The summed E-state index contributed by atoms with van der Waals surface area (Å²) in [6.07, 6.45) is 0. The number of benzene rings is 1. The number of rotatable bonds is 1. The van der Waals surface area contributed by atoms with Crippen LogP contribution in [0, 0.1) is 0 Å². The molecule has 1 aliphatic rings. The van der Waals surface area contributed by atoms with Crippen molar-refractivity contribution in [2.24, 2.45) is 4.99 Å². The Labute approximate surface area is 89.3 Å². The van der Waals surface area contributed by atoms with Crippen LogP contribution in [0.15, 0.2) is 34.2 Å². The molecule has 0 N–H and O–H groups in total. The quantitative estimate of drug-likeness (QED) is 0.717. The highest BCUT2D eigenvalue weighted by Crippen LogP contribution is 2.28. The van der Waals surface area contributed by atoms with Crippen molar-refractivity contribution in [3.8, 4) is 0 Å². The Bertz CT molecular complexity index is 520. The van der Waals surface area contributed by atoms with Gasteiger partial charge in [0.2, 0.25) is 0 Å². The molecular weight excluding hydrogens is 212 g/mol. The highest BCUT2D eigenvalue weighted by Gasteiger charge is 2.35. The molecule has 0 saturated heterocycles. The molecule has 15 heavy (non-hydrogen) atoms. The number of amidine groups is 1. The van der Waals surface area contributed by atoms with Gasteiger partial charge in [0.15, 0.2) is 0 Å². The predicted octanol–water partition coefficient (Wildman–Crippen LogP) is 1.09. The number of hydrogen-bond donors (Lipinski definition) is 0. The first-order chi connectivity index (χ1) is 7.09. The third-order valence-corrected chi connectivity index (χ3v) is 4.18. The molecule has 80 valence electrons. The summed E-state index contributed by atoms with van der Waals surface area (Å²) in [6, 6.07) is 6.93. The average Bonchev–Trinajstić information content (AvgIpc) is 2.42. The maximum Gasteiger partial charge on any atom is 0.265 e. The van der Waals surface area contributed by atoms with Gasteiger partial charge in [0.25, 0.3) is 10.0 Å². The minimum Gasteiger partial charge on any atom is -0.267 e. The van der Waals surface area contributed by atoms with Crippen LogP contribution in [-0.4, -0.2) is 32.2 Å². The van der Waals surface area contributed by atoms with E-state index in [0.717, 1.165) is 0 Å². The minimum absolute atomic E-state index is 0.347. The molecule has 0 aromatic heterocycles. The van der Waals surface area contributed by atoms with Crippen molar-refractivity contribution in [3.05, 3.63) is 29.8 Å². The highest BCUT2D eigenvalue weighted by atomic mass is 32.2. The van der Waals surface area contributed by atoms with Gasteiger partial charge in [0.05, 0.1) is 4.90 Å². The van der Waals surface area contributed by atoms with Gasteiger partial charge in [-0.05, 0) is 19.1 Å². The van der Waals surface area contributed by atoms with Crippen LogP contribution in [0.4, 0.5) is 0 Å². The Hall–Kier alpha value is -1.36. The third-order valence-electron chi connectivity index (χ3n) is 2.37. The summed E-state index contributed by atoms with van der Waals surface area (Å²) in [5.41, 5.74) is 0.696. The van der Waals surface area contributed by atoms with Gasteiger partial charge in [-0.1, -0.05) is 12.1 Å². The van der Waals surface area contributed by atoms with Crippen LogP contribution in [0.3, 0.4) is 0 Å². The minimum atomic E-state index is -3.35. The van der Waals surface area contributed by atoms with Crippen LogP contribution < -0.4 is 0 Å². The molecule has 1 aromatic rings. The van der Waals surface area contributed by atoms with Crippen molar-refractivity contribution < 1.29 is 8.42 Å². The topological polar surface area (TPSA) is 49.7 Å². The van der Waals surface area contributed by atoms with Crippen molar-refractivity contribution in [2.45, 2.75) is 11.8 Å². The lowest BCUT2D eigenvalue weighted by Crippen LogP contribution is -2.26. The van der Waals surface area contributed by atoms with E-state index in [9.17, 15) is 8.42 Å². The van der Waals surface area contributed by atoms with E-state index in [0.29, 0.717) is 22.8 Å². The molecule has 0 fully saturated rings. The first-order valence-corrected chi connectivity index (χ1v) is 6.16. The first-order valence-electron chi connectivity index (χ1n) is 4.72. The van der Waals surface area contributed by atoms with E-state index in [4.69, 9.17) is 0 Å². The molecule has 2 rings (SSSR count). The van der Waals surface area contributed by atoms with Gasteiger partial charge in [-0.3, -0.25) is 9.30 Å². The normalized spacial score (nSPS) is 20.7. The van der Waals surface area contributed by atoms with Crippen LogP contribution in [0.25, 0.3) is 0 Å². The summed E-state index contributed by atoms with van der Waals surface area (Å²) in [7, 11) is -1.82. The molecule has 0 bridgehead atoms. The van der Waals surface area contributed by atoms with Crippen LogP contribution in [0.1, 0.15) is 12.5 Å². The summed E-state index contributed by atoms with van der Waals surface area (Å²) in [5.74, 6) is 0.535. The van der Waals surface area contributed by atoms with Crippen LogP contribution >= 0.6 is 0 Å². The molecule has 1 aromatic carbocycles. The van der Waals surface area contributed by atoms with Crippen LogP contribution in [-0.2, 0) is 10.0 Å². The molecule has 5 heteroatoms. The fourth-order valence-electron chi connectivity index (χ4n) is 1.64. The maximum atomic E-state index is 11.9. The van der Waals surface area contributed by atoms with E-state index in [2.05, 4.69) is 4.99 Å². The number of hydrogen-bond acceptors (Lipinski definition) is 3. The van der Waals surface area contributed by atoms with Crippen LogP contribution in [0.5, 0.6) is 0 Å². The van der Waals surface area contributed by atoms with Gasteiger partial charge >= 0.3 is 0 Å². The lowest BCUT2D eigenvalue weighted by atomic mass is 10.2. The van der Waals surface area contributed by atoms with E-state index in [1.54, 1.807) is 18.2 Å². The Morgan fingerprint density at radius 3 is 2.67 bits per heavy atom. The molecule has 1 aliphatic heterocycles. The fourth-order valence-corrected chi connectivity index (χ4v) is 3.01. The summed E-state index contributed by atoms with van der Waals surface area (Å²) >= 11 is 0. The lowest BCUT2D eigenvalue weighted by Gasteiger charge is -2.10. The number of aliphatic imine (C=N–C) groups is 1. The third kappa shape index (κ3) is 1.34. The van der Waals surface area contributed by atoms with E-state index in [-0.39, 0.29) is 0 Å². The summed E-state index contributed by atoms with van der Waals surface area (Å²) in [4.78, 5) is 4.55.